The number of aromatic nitrogens is 3. The maximum Gasteiger partial charge on any atom is 0.233 e. The van der Waals surface area contributed by atoms with Crippen LogP contribution >= 0.6 is 11.8 Å². The highest BCUT2D eigenvalue weighted by molar-refractivity contribution is 7.99. The summed E-state index contributed by atoms with van der Waals surface area (Å²) in [6, 6.07) is 0. The molecular formula is C17H25N5O2S. The molecule has 2 aliphatic heterocycles. The Morgan fingerprint density at radius 2 is 2.20 bits per heavy atom. The summed E-state index contributed by atoms with van der Waals surface area (Å²) in [6.45, 7) is 3.11. The highest BCUT2D eigenvalue weighted by atomic mass is 32.2. The van der Waals surface area contributed by atoms with Crippen molar-refractivity contribution in [1.82, 2.24) is 24.6 Å². The minimum absolute atomic E-state index is 0.0944. The molecule has 1 spiro atoms. The lowest BCUT2D eigenvalue weighted by molar-refractivity contribution is -0.146. The molecule has 2 amide bonds. The molecule has 1 aromatic rings. The topological polar surface area (TPSA) is 71.3 Å². The minimum Gasteiger partial charge on any atom is -0.342 e. The zero-order valence-corrected chi connectivity index (χ0v) is 15.5. The highest BCUT2D eigenvalue weighted by Crippen LogP contribution is 2.41. The smallest absolute Gasteiger partial charge is 0.233 e. The zero-order chi connectivity index (χ0) is 17.4. The first-order valence-electron chi connectivity index (χ1n) is 9.11. The molecular weight excluding hydrogens is 338 g/mol. The first-order chi connectivity index (χ1) is 12.1. The SMILES string of the molecule is Cn1cnnc1SCC(=O)N1CCC2(CCCN(CC3CC3)C2=O)C1. The molecule has 0 aromatic carbocycles. The lowest BCUT2D eigenvalue weighted by Crippen LogP contribution is -2.51. The summed E-state index contributed by atoms with van der Waals surface area (Å²) >= 11 is 1.40. The van der Waals surface area contributed by atoms with E-state index < -0.39 is 0 Å². The maximum absolute atomic E-state index is 13.0. The number of hydrogen-bond acceptors (Lipinski definition) is 5. The van der Waals surface area contributed by atoms with E-state index in [-0.39, 0.29) is 11.3 Å². The Labute approximate surface area is 152 Å². The summed E-state index contributed by atoms with van der Waals surface area (Å²) in [5, 5.41) is 8.57. The fourth-order valence-corrected chi connectivity index (χ4v) is 4.81. The fraction of sp³-hybridized carbons (Fsp3) is 0.765. The summed E-state index contributed by atoms with van der Waals surface area (Å²) in [7, 11) is 1.87. The van der Waals surface area contributed by atoms with Crippen molar-refractivity contribution in [2.45, 2.75) is 37.3 Å². The van der Waals surface area contributed by atoms with Crippen LogP contribution in [-0.4, -0.2) is 68.3 Å². The quantitative estimate of drug-likeness (QED) is 0.734. The first-order valence-corrected chi connectivity index (χ1v) is 10.1. The number of hydrogen-bond donors (Lipinski definition) is 0. The van der Waals surface area contributed by atoms with Gasteiger partial charge >= 0.3 is 0 Å². The number of carbonyl (C=O) groups excluding carboxylic acids is 2. The van der Waals surface area contributed by atoms with Crippen LogP contribution in [0.1, 0.15) is 32.1 Å². The van der Waals surface area contributed by atoms with E-state index in [9.17, 15) is 9.59 Å². The molecule has 0 bridgehead atoms. The summed E-state index contributed by atoms with van der Waals surface area (Å²) in [5.41, 5.74) is -0.321. The van der Waals surface area contributed by atoms with Gasteiger partial charge in [-0.3, -0.25) is 9.59 Å². The highest BCUT2D eigenvalue weighted by Gasteiger charge is 2.49. The van der Waals surface area contributed by atoms with Crippen LogP contribution in [0.4, 0.5) is 0 Å². The molecule has 1 atom stereocenters. The van der Waals surface area contributed by atoms with Crippen LogP contribution in [0, 0.1) is 11.3 Å². The van der Waals surface area contributed by atoms with Crippen molar-refractivity contribution < 1.29 is 9.59 Å². The predicted molar refractivity (Wildman–Crippen MR) is 93.9 cm³/mol. The second-order valence-corrected chi connectivity index (χ2v) is 8.60. The maximum atomic E-state index is 13.0. The Balaban J connectivity index is 1.35. The average Bonchev–Trinajstić information content (AvgIpc) is 3.16. The van der Waals surface area contributed by atoms with E-state index in [0.717, 1.165) is 43.4 Å². The first kappa shape index (κ1) is 16.9. The van der Waals surface area contributed by atoms with Crippen molar-refractivity contribution in [3.05, 3.63) is 6.33 Å². The molecule has 3 aliphatic rings. The third-order valence-corrected chi connectivity index (χ3v) is 6.72. The van der Waals surface area contributed by atoms with Gasteiger partial charge < -0.3 is 14.4 Å². The molecule has 2 saturated heterocycles. The molecule has 25 heavy (non-hydrogen) atoms. The van der Waals surface area contributed by atoms with Crippen LogP contribution in [0.5, 0.6) is 0 Å². The summed E-state index contributed by atoms with van der Waals surface area (Å²) in [4.78, 5) is 29.6. The second kappa shape index (κ2) is 6.63. The molecule has 8 heteroatoms. The summed E-state index contributed by atoms with van der Waals surface area (Å²) in [6.07, 6.45) is 6.96. The Bertz CT molecular complexity index is 674. The normalized spacial score (nSPS) is 26.7. The van der Waals surface area contributed by atoms with Gasteiger partial charge in [-0.25, -0.2) is 0 Å². The largest absolute Gasteiger partial charge is 0.342 e. The fourth-order valence-electron chi connectivity index (χ4n) is 4.02. The second-order valence-electron chi connectivity index (χ2n) is 7.66. The standard InChI is InChI=1S/C17H25N5O2S/c1-20-12-18-19-16(20)25-10-14(23)22-8-6-17(11-22)5-2-7-21(15(17)24)9-13-3-4-13/h12-13H,2-11H2,1H3. The van der Waals surface area contributed by atoms with Gasteiger partial charge in [-0.1, -0.05) is 11.8 Å². The van der Waals surface area contributed by atoms with E-state index in [0.29, 0.717) is 24.7 Å². The Hall–Kier alpha value is -1.57. The lowest BCUT2D eigenvalue weighted by Gasteiger charge is -2.39. The number of carbonyl (C=O) groups is 2. The van der Waals surface area contributed by atoms with Crippen molar-refractivity contribution in [3.8, 4) is 0 Å². The number of thioether (sulfide) groups is 1. The third kappa shape index (κ3) is 3.41. The molecule has 1 aromatic heterocycles. The number of nitrogens with zero attached hydrogens (tertiary/aromatic N) is 5. The van der Waals surface area contributed by atoms with Gasteiger partial charge in [0, 0.05) is 33.2 Å². The Morgan fingerprint density at radius 1 is 1.36 bits per heavy atom. The molecule has 7 nitrogen and oxygen atoms in total. The van der Waals surface area contributed by atoms with Crippen molar-refractivity contribution >= 4 is 23.6 Å². The van der Waals surface area contributed by atoms with Gasteiger partial charge in [0.2, 0.25) is 11.8 Å². The molecule has 0 radical (unpaired) electrons. The van der Waals surface area contributed by atoms with Gasteiger partial charge in [0.25, 0.3) is 0 Å². The molecule has 1 aliphatic carbocycles. The van der Waals surface area contributed by atoms with Crippen LogP contribution in [0.3, 0.4) is 0 Å². The van der Waals surface area contributed by atoms with Gasteiger partial charge in [-0.15, -0.1) is 10.2 Å². The van der Waals surface area contributed by atoms with Crippen LogP contribution in [-0.2, 0) is 16.6 Å². The molecule has 3 heterocycles. The molecule has 136 valence electrons. The average molecular weight is 363 g/mol. The molecule has 0 N–H and O–H groups in total. The number of likely N-dealkylation sites (tertiary alicyclic amines) is 2. The van der Waals surface area contributed by atoms with Gasteiger partial charge in [-0.2, -0.15) is 0 Å². The van der Waals surface area contributed by atoms with Gasteiger partial charge in [-0.05, 0) is 38.0 Å². The van der Waals surface area contributed by atoms with E-state index in [4.69, 9.17) is 0 Å². The predicted octanol–water partition coefficient (Wildman–Crippen LogP) is 1.16. The lowest BCUT2D eigenvalue weighted by atomic mass is 9.78. The number of rotatable bonds is 5. The minimum atomic E-state index is -0.321. The monoisotopic (exact) mass is 363 g/mol. The van der Waals surface area contributed by atoms with Gasteiger partial charge in [0.15, 0.2) is 5.16 Å². The Morgan fingerprint density at radius 3 is 2.92 bits per heavy atom. The zero-order valence-electron chi connectivity index (χ0n) is 14.7. The van der Waals surface area contributed by atoms with Crippen molar-refractivity contribution in [2.24, 2.45) is 18.4 Å². The van der Waals surface area contributed by atoms with E-state index in [1.807, 2.05) is 16.5 Å². The molecule has 4 rings (SSSR count). The van der Waals surface area contributed by atoms with E-state index in [2.05, 4.69) is 15.1 Å². The van der Waals surface area contributed by atoms with Crippen molar-refractivity contribution in [3.63, 3.8) is 0 Å². The molecule has 3 fully saturated rings. The van der Waals surface area contributed by atoms with Crippen LogP contribution in [0.2, 0.25) is 0 Å². The molecule has 1 saturated carbocycles. The summed E-state index contributed by atoms with van der Waals surface area (Å²) in [5.74, 6) is 1.46. The van der Waals surface area contributed by atoms with E-state index >= 15 is 0 Å². The Kier molecular flexibility index (Phi) is 4.47. The number of piperidine rings is 1. The third-order valence-electron chi connectivity index (χ3n) is 5.70. The van der Waals surface area contributed by atoms with Crippen molar-refractivity contribution in [1.29, 1.82) is 0 Å². The van der Waals surface area contributed by atoms with Crippen LogP contribution < -0.4 is 0 Å². The number of aryl methyl sites for hydroxylation is 1. The number of amides is 2. The van der Waals surface area contributed by atoms with Crippen molar-refractivity contribution in [2.75, 3.05) is 31.9 Å². The van der Waals surface area contributed by atoms with E-state index in [1.165, 1.54) is 24.6 Å². The summed E-state index contributed by atoms with van der Waals surface area (Å²) < 4.78 is 1.81. The van der Waals surface area contributed by atoms with Crippen LogP contribution in [0.15, 0.2) is 11.5 Å². The van der Waals surface area contributed by atoms with Gasteiger partial charge in [0.1, 0.15) is 6.33 Å². The molecule has 1 unspecified atom stereocenters. The van der Waals surface area contributed by atoms with Crippen LogP contribution in [0.25, 0.3) is 0 Å². The van der Waals surface area contributed by atoms with E-state index in [1.54, 1.807) is 6.33 Å². The van der Waals surface area contributed by atoms with Gasteiger partial charge in [0.05, 0.1) is 11.2 Å².